The van der Waals surface area contributed by atoms with Gasteiger partial charge in [0.1, 0.15) is 0 Å². The molecule has 4 heteroatoms. The van der Waals surface area contributed by atoms with E-state index in [4.69, 9.17) is 22.3 Å². The van der Waals surface area contributed by atoms with Crippen molar-refractivity contribution in [2.75, 3.05) is 11.5 Å². The van der Waals surface area contributed by atoms with E-state index in [-0.39, 0.29) is 11.4 Å². The Labute approximate surface area is 93.3 Å². The zero-order valence-electron chi connectivity index (χ0n) is 8.62. The van der Waals surface area contributed by atoms with Crippen molar-refractivity contribution in [3.05, 3.63) is 42.0 Å². The molecule has 0 radical (unpaired) electrons. The Kier molecular flexibility index (Phi) is 2.32. The van der Waals surface area contributed by atoms with E-state index in [2.05, 4.69) is 0 Å². The monoisotopic (exact) mass is 212 g/mol. The molecule has 16 heavy (non-hydrogen) atoms. The summed E-state index contributed by atoms with van der Waals surface area (Å²) in [4.78, 5) is 0. The smallest absolute Gasteiger partial charge is 0.0795 e. The summed E-state index contributed by atoms with van der Waals surface area (Å²) in [5.41, 5.74) is 14.6. The van der Waals surface area contributed by atoms with Gasteiger partial charge in [-0.3, -0.25) is 10.8 Å². The Morgan fingerprint density at radius 2 is 1.62 bits per heavy atom. The topological polar surface area (TPSA) is 99.7 Å². The van der Waals surface area contributed by atoms with Crippen LogP contribution in [0.25, 0.3) is 5.57 Å². The zero-order valence-corrected chi connectivity index (χ0v) is 8.62. The molecule has 0 saturated heterocycles. The average Bonchev–Trinajstić information content (AvgIpc) is 2.26. The van der Waals surface area contributed by atoms with Crippen molar-refractivity contribution in [3.8, 4) is 0 Å². The van der Waals surface area contributed by atoms with Crippen LogP contribution in [0.3, 0.4) is 0 Å². The first kappa shape index (κ1) is 10.2. The van der Waals surface area contributed by atoms with Gasteiger partial charge in [0.25, 0.3) is 0 Å². The van der Waals surface area contributed by atoms with Gasteiger partial charge in [0, 0.05) is 0 Å². The van der Waals surface area contributed by atoms with Crippen LogP contribution in [-0.4, -0.2) is 11.4 Å². The highest BCUT2D eigenvalue weighted by Crippen LogP contribution is 2.24. The summed E-state index contributed by atoms with van der Waals surface area (Å²) in [7, 11) is 0. The Bertz CT molecular complexity index is 538. The van der Waals surface area contributed by atoms with Crippen LogP contribution in [0.15, 0.2) is 36.4 Å². The van der Waals surface area contributed by atoms with Gasteiger partial charge in [-0.05, 0) is 35.4 Å². The number of nitrogens with two attached hydrogens (primary N) is 2. The second kappa shape index (κ2) is 3.66. The highest BCUT2D eigenvalue weighted by molar-refractivity contribution is 6.50. The van der Waals surface area contributed by atoms with E-state index in [1.165, 1.54) is 0 Å². The molecule has 6 N–H and O–H groups in total. The Balaban J connectivity index is 2.43. The summed E-state index contributed by atoms with van der Waals surface area (Å²) in [5, 5.41) is 15.0. The first-order chi connectivity index (χ1) is 7.58. The number of hydrogen-bond acceptors (Lipinski definition) is 4. The lowest BCUT2D eigenvalue weighted by Crippen LogP contribution is -2.09. The predicted molar refractivity (Wildman–Crippen MR) is 67.8 cm³/mol. The zero-order chi connectivity index (χ0) is 11.7. The third kappa shape index (κ3) is 1.72. The second-order valence-corrected chi connectivity index (χ2v) is 3.60. The quantitative estimate of drug-likeness (QED) is 0.422. The van der Waals surface area contributed by atoms with Crippen molar-refractivity contribution in [2.45, 2.75) is 0 Å². The molecule has 0 spiro atoms. The first-order valence-corrected chi connectivity index (χ1v) is 4.80. The predicted octanol–water partition coefficient (Wildman–Crippen LogP) is 1.84. The summed E-state index contributed by atoms with van der Waals surface area (Å²) in [6.45, 7) is 0. The van der Waals surface area contributed by atoms with Gasteiger partial charge in [0.05, 0.1) is 22.8 Å². The molecule has 1 aromatic rings. The van der Waals surface area contributed by atoms with Gasteiger partial charge in [0.2, 0.25) is 0 Å². The van der Waals surface area contributed by atoms with Crippen LogP contribution in [0.5, 0.6) is 0 Å². The fourth-order valence-corrected chi connectivity index (χ4v) is 1.48. The van der Waals surface area contributed by atoms with E-state index in [9.17, 15) is 0 Å². The Hall–Kier alpha value is -2.36. The van der Waals surface area contributed by atoms with E-state index >= 15 is 0 Å². The molecule has 4 nitrogen and oxygen atoms in total. The summed E-state index contributed by atoms with van der Waals surface area (Å²) in [6.07, 6.45) is 5.04. The van der Waals surface area contributed by atoms with Gasteiger partial charge in [-0.15, -0.1) is 0 Å². The number of benzene rings is 1. The first-order valence-electron chi connectivity index (χ1n) is 4.80. The van der Waals surface area contributed by atoms with Gasteiger partial charge in [-0.1, -0.05) is 12.1 Å². The van der Waals surface area contributed by atoms with Crippen LogP contribution in [0.4, 0.5) is 11.4 Å². The minimum Gasteiger partial charge on any atom is -0.397 e. The maximum Gasteiger partial charge on any atom is 0.0795 e. The molecule has 1 aromatic carbocycles. The van der Waals surface area contributed by atoms with Crippen molar-refractivity contribution < 1.29 is 0 Å². The molecule has 0 heterocycles. The molecule has 2 rings (SSSR count). The molecule has 0 aliphatic heterocycles. The SMILES string of the molecule is N=C1C=CC(c2ccc(N)c(N)c2)=CC1=N. The molecule has 1 aliphatic rings. The molecule has 0 unspecified atom stereocenters. The van der Waals surface area contributed by atoms with E-state index in [1.54, 1.807) is 30.4 Å². The third-order valence-electron chi connectivity index (χ3n) is 2.44. The van der Waals surface area contributed by atoms with Crippen molar-refractivity contribution in [1.29, 1.82) is 10.8 Å². The lowest BCUT2D eigenvalue weighted by molar-refractivity contribution is 1.49. The molecule has 0 amide bonds. The molecular formula is C12H12N4. The van der Waals surface area contributed by atoms with Gasteiger partial charge >= 0.3 is 0 Å². The number of rotatable bonds is 1. The standard InChI is InChI=1S/C12H12N4/c13-9-3-1-7(5-11(9)15)8-2-4-10(14)12(16)6-8/h1-6,13,15H,14,16H2. The van der Waals surface area contributed by atoms with Crippen molar-refractivity contribution in [1.82, 2.24) is 0 Å². The normalized spacial score (nSPS) is 15.1. The van der Waals surface area contributed by atoms with E-state index < -0.39 is 0 Å². The number of nitrogens with one attached hydrogen (secondary N) is 2. The van der Waals surface area contributed by atoms with Crippen LogP contribution in [0, 0.1) is 10.8 Å². The third-order valence-corrected chi connectivity index (χ3v) is 2.44. The number of anilines is 2. The Morgan fingerprint density at radius 1 is 0.875 bits per heavy atom. The molecule has 80 valence electrons. The summed E-state index contributed by atoms with van der Waals surface area (Å²) in [5.74, 6) is 0. The number of allylic oxidation sites excluding steroid dienone is 4. The maximum absolute atomic E-state index is 7.56. The highest BCUT2D eigenvalue weighted by atomic mass is 14.7. The summed E-state index contributed by atoms with van der Waals surface area (Å²) < 4.78 is 0. The average molecular weight is 212 g/mol. The fraction of sp³-hybridized carbons (Fsp3) is 0. The van der Waals surface area contributed by atoms with Gasteiger partial charge in [-0.25, -0.2) is 0 Å². The van der Waals surface area contributed by atoms with Crippen molar-refractivity contribution in [2.24, 2.45) is 0 Å². The van der Waals surface area contributed by atoms with Crippen LogP contribution in [0.2, 0.25) is 0 Å². The maximum atomic E-state index is 7.56. The van der Waals surface area contributed by atoms with Gasteiger partial charge < -0.3 is 11.5 Å². The minimum atomic E-state index is 0.202. The van der Waals surface area contributed by atoms with Crippen LogP contribution in [0.1, 0.15) is 5.56 Å². The van der Waals surface area contributed by atoms with Crippen LogP contribution in [-0.2, 0) is 0 Å². The van der Waals surface area contributed by atoms with E-state index in [0.717, 1.165) is 11.1 Å². The largest absolute Gasteiger partial charge is 0.397 e. The highest BCUT2D eigenvalue weighted by Gasteiger charge is 2.09. The molecule has 0 fully saturated rings. The van der Waals surface area contributed by atoms with E-state index in [1.807, 2.05) is 6.07 Å². The lowest BCUT2D eigenvalue weighted by Gasteiger charge is -2.10. The number of hydrogen-bond donors (Lipinski definition) is 4. The minimum absolute atomic E-state index is 0.202. The summed E-state index contributed by atoms with van der Waals surface area (Å²) in [6, 6.07) is 5.36. The van der Waals surface area contributed by atoms with Crippen molar-refractivity contribution >= 4 is 28.4 Å². The van der Waals surface area contributed by atoms with Gasteiger partial charge in [0.15, 0.2) is 0 Å². The van der Waals surface area contributed by atoms with Crippen molar-refractivity contribution in [3.63, 3.8) is 0 Å². The molecule has 1 aliphatic carbocycles. The van der Waals surface area contributed by atoms with E-state index in [0.29, 0.717) is 11.4 Å². The number of nitrogen functional groups attached to an aromatic ring is 2. The lowest BCUT2D eigenvalue weighted by atomic mass is 9.97. The van der Waals surface area contributed by atoms with Gasteiger partial charge in [-0.2, -0.15) is 0 Å². The molecular weight excluding hydrogens is 200 g/mol. The fourth-order valence-electron chi connectivity index (χ4n) is 1.48. The van der Waals surface area contributed by atoms with Crippen LogP contribution < -0.4 is 11.5 Å². The Morgan fingerprint density at radius 3 is 2.25 bits per heavy atom. The summed E-state index contributed by atoms with van der Waals surface area (Å²) >= 11 is 0. The molecule has 0 atom stereocenters. The second-order valence-electron chi connectivity index (χ2n) is 3.60. The molecule has 0 saturated carbocycles. The molecule has 0 aromatic heterocycles. The molecule has 0 bridgehead atoms. The van der Waals surface area contributed by atoms with Crippen LogP contribution >= 0.6 is 0 Å².